The zero-order valence-electron chi connectivity index (χ0n) is 22.1. The topological polar surface area (TPSA) is 39.2 Å². The van der Waals surface area contributed by atoms with E-state index in [-0.39, 0.29) is 17.8 Å². The van der Waals surface area contributed by atoms with E-state index in [0.29, 0.717) is 18.9 Å². The minimum atomic E-state index is -0.124. The average molecular weight is 466 g/mol. The van der Waals surface area contributed by atoms with Crippen molar-refractivity contribution in [3.05, 3.63) is 65.5 Å². The van der Waals surface area contributed by atoms with Gasteiger partial charge in [0.05, 0.1) is 0 Å². The number of unbranched alkanes of at least 4 members (excludes halogenated alkanes) is 6. The molecule has 34 heavy (non-hydrogen) atoms. The summed E-state index contributed by atoms with van der Waals surface area (Å²) in [7, 11) is 0. The Hall–Kier alpha value is -2.16. The van der Waals surface area contributed by atoms with Crippen LogP contribution in [0.1, 0.15) is 115 Å². The van der Waals surface area contributed by atoms with Gasteiger partial charge in [0.2, 0.25) is 0 Å². The molecule has 0 saturated heterocycles. The fraction of sp³-hybridized carbons (Fsp3) is 0.613. The Kier molecular flexibility index (Phi) is 13.6. The SMILES string of the molecule is CCCCCCCCCc1ccc([C@@H](CCC(C)C)[C@@H](C)CC(=O)OCc2ccccc2)nc1. The Morgan fingerprint density at radius 2 is 1.56 bits per heavy atom. The Morgan fingerprint density at radius 1 is 0.853 bits per heavy atom. The molecule has 1 aromatic carbocycles. The molecule has 0 aliphatic heterocycles. The molecule has 2 aromatic rings. The van der Waals surface area contributed by atoms with Gasteiger partial charge >= 0.3 is 5.97 Å². The molecular weight excluding hydrogens is 418 g/mol. The highest BCUT2D eigenvalue weighted by atomic mass is 16.5. The number of aromatic nitrogens is 1. The van der Waals surface area contributed by atoms with Crippen LogP contribution in [0.2, 0.25) is 0 Å². The summed E-state index contributed by atoms with van der Waals surface area (Å²) in [5.41, 5.74) is 3.47. The number of aryl methyl sites for hydroxylation is 1. The van der Waals surface area contributed by atoms with Crippen LogP contribution in [0.3, 0.4) is 0 Å². The number of esters is 1. The minimum Gasteiger partial charge on any atom is -0.461 e. The highest BCUT2D eigenvalue weighted by Gasteiger charge is 2.24. The van der Waals surface area contributed by atoms with E-state index in [1.807, 2.05) is 30.3 Å². The maximum atomic E-state index is 12.5. The first kappa shape index (κ1) is 28.1. The van der Waals surface area contributed by atoms with Gasteiger partial charge < -0.3 is 4.74 Å². The summed E-state index contributed by atoms with van der Waals surface area (Å²) < 4.78 is 5.56. The average Bonchev–Trinajstić information content (AvgIpc) is 2.83. The van der Waals surface area contributed by atoms with Gasteiger partial charge in [-0.2, -0.15) is 0 Å². The van der Waals surface area contributed by atoms with Gasteiger partial charge in [0, 0.05) is 24.2 Å². The zero-order valence-corrected chi connectivity index (χ0v) is 22.1. The molecule has 2 rings (SSSR count). The van der Waals surface area contributed by atoms with Crippen molar-refractivity contribution in [1.82, 2.24) is 4.98 Å². The first-order valence-corrected chi connectivity index (χ1v) is 13.6. The molecule has 1 aromatic heterocycles. The second-order valence-electron chi connectivity index (χ2n) is 10.4. The van der Waals surface area contributed by atoms with Crippen molar-refractivity contribution in [3.8, 4) is 0 Å². The number of carbonyl (C=O) groups excluding carboxylic acids is 1. The van der Waals surface area contributed by atoms with Crippen LogP contribution in [0.15, 0.2) is 48.7 Å². The third-order valence-corrected chi connectivity index (χ3v) is 6.77. The smallest absolute Gasteiger partial charge is 0.306 e. The molecule has 3 heteroatoms. The molecule has 0 unspecified atom stereocenters. The lowest BCUT2D eigenvalue weighted by Crippen LogP contribution is -2.18. The van der Waals surface area contributed by atoms with E-state index in [9.17, 15) is 4.79 Å². The summed E-state index contributed by atoms with van der Waals surface area (Å²) in [5, 5.41) is 0. The molecular formula is C31H47NO2. The third kappa shape index (κ3) is 11.3. The van der Waals surface area contributed by atoms with Crippen LogP contribution in [-0.2, 0) is 22.6 Å². The molecule has 2 atom stereocenters. The fourth-order valence-electron chi connectivity index (χ4n) is 4.53. The van der Waals surface area contributed by atoms with Gasteiger partial charge in [-0.1, -0.05) is 109 Å². The second kappa shape index (κ2) is 16.5. The van der Waals surface area contributed by atoms with Crippen molar-refractivity contribution in [3.63, 3.8) is 0 Å². The van der Waals surface area contributed by atoms with Crippen molar-refractivity contribution in [2.75, 3.05) is 0 Å². The van der Waals surface area contributed by atoms with E-state index in [4.69, 9.17) is 9.72 Å². The summed E-state index contributed by atoms with van der Waals surface area (Å²) in [6.45, 7) is 9.29. The maximum absolute atomic E-state index is 12.5. The lowest BCUT2D eigenvalue weighted by molar-refractivity contribution is -0.146. The number of rotatable bonds is 17. The van der Waals surface area contributed by atoms with Crippen LogP contribution in [-0.4, -0.2) is 11.0 Å². The fourth-order valence-corrected chi connectivity index (χ4v) is 4.53. The molecule has 0 radical (unpaired) electrons. The van der Waals surface area contributed by atoms with E-state index in [1.54, 1.807) is 0 Å². The first-order chi connectivity index (χ1) is 16.5. The van der Waals surface area contributed by atoms with E-state index in [1.165, 1.54) is 50.5 Å². The summed E-state index contributed by atoms with van der Waals surface area (Å²) >= 11 is 0. The second-order valence-corrected chi connectivity index (χ2v) is 10.4. The van der Waals surface area contributed by atoms with E-state index >= 15 is 0 Å². The zero-order chi connectivity index (χ0) is 24.6. The molecule has 3 nitrogen and oxygen atoms in total. The van der Waals surface area contributed by atoms with E-state index < -0.39 is 0 Å². The molecule has 188 valence electrons. The Bertz CT molecular complexity index is 785. The third-order valence-electron chi connectivity index (χ3n) is 6.77. The van der Waals surface area contributed by atoms with Gasteiger partial charge in [-0.25, -0.2) is 0 Å². The molecule has 0 N–H and O–H groups in total. The largest absolute Gasteiger partial charge is 0.461 e. The predicted octanol–water partition coefficient (Wildman–Crippen LogP) is 8.66. The van der Waals surface area contributed by atoms with Crippen molar-refractivity contribution >= 4 is 5.97 Å². The lowest BCUT2D eigenvalue weighted by Gasteiger charge is -2.24. The van der Waals surface area contributed by atoms with Crippen molar-refractivity contribution in [2.24, 2.45) is 11.8 Å². The number of nitrogens with zero attached hydrogens (tertiary/aromatic N) is 1. The normalized spacial score (nSPS) is 13.1. The molecule has 0 aliphatic carbocycles. The van der Waals surface area contributed by atoms with Gasteiger partial charge in [0.1, 0.15) is 6.61 Å². The van der Waals surface area contributed by atoms with Crippen LogP contribution in [0, 0.1) is 11.8 Å². The van der Waals surface area contributed by atoms with Crippen LogP contribution < -0.4 is 0 Å². The standard InChI is InChI=1S/C31H47NO2/c1-5-6-7-8-9-10-12-15-27-19-21-30(32-23-27)29(20-18-25(2)3)26(4)22-31(33)34-24-28-16-13-11-14-17-28/h11,13-14,16-17,19,21,23,25-26,29H,5-10,12,15,18,20,22,24H2,1-4H3/t26-,29-/m0/s1. The number of pyridine rings is 1. The monoisotopic (exact) mass is 465 g/mol. The number of ether oxygens (including phenoxy) is 1. The number of carbonyl (C=O) groups is 1. The first-order valence-electron chi connectivity index (χ1n) is 13.6. The molecule has 0 spiro atoms. The van der Waals surface area contributed by atoms with Crippen LogP contribution in [0.25, 0.3) is 0 Å². The Morgan fingerprint density at radius 3 is 2.21 bits per heavy atom. The predicted molar refractivity (Wildman–Crippen MR) is 143 cm³/mol. The van der Waals surface area contributed by atoms with Gasteiger partial charge in [-0.3, -0.25) is 9.78 Å². The minimum absolute atomic E-state index is 0.124. The summed E-state index contributed by atoms with van der Waals surface area (Å²) in [6, 6.07) is 14.3. The quantitative estimate of drug-likeness (QED) is 0.173. The summed E-state index contributed by atoms with van der Waals surface area (Å²) in [6.07, 6.45) is 15.1. The summed E-state index contributed by atoms with van der Waals surface area (Å²) in [4.78, 5) is 17.4. The van der Waals surface area contributed by atoms with Crippen molar-refractivity contribution in [1.29, 1.82) is 0 Å². The van der Waals surface area contributed by atoms with Crippen molar-refractivity contribution in [2.45, 2.75) is 111 Å². The van der Waals surface area contributed by atoms with Crippen LogP contribution in [0.5, 0.6) is 0 Å². The van der Waals surface area contributed by atoms with Crippen molar-refractivity contribution < 1.29 is 9.53 Å². The highest BCUT2D eigenvalue weighted by molar-refractivity contribution is 5.69. The number of benzene rings is 1. The van der Waals surface area contributed by atoms with Gasteiger partial charge in [0.25, 0.3) is 0 Å². The Balaban J connectivity index is 1.87. The Labute approximate surface area is 208 Å². The number of hydrogen-bond acceptors (Lipinski definition) is 3. The molecule has 0 amide bonds. The molecule has 0 fully saturated rings. The number of hydrogen-bond donors (Lipinski definition) is 0. The van der Waals surface area contributed by atoms with Gasteiger partial charge in [-0.05, 0) is 48.3 Å². The molecule has 0 bridgehead atoms. The molecule has 1 heterocycles. The molecule has 0 aliphatic rings. The van der Waals surface area contributed by atoms with Gasteiger partial charge in [0.15, 0.2) is 0 Å². The lowest BCUT2D eigenvalue weighted by atomic mass is 9.83. The van der Waals surface area contributed by atoms with Crippen LogP contribution in [0.4, 0.5) is 0 Å². The maximum Gasteiger partial charge on any atom is 0.306 e. The highest BCUT2D eigenvalue weighted by Crippen LogP contribution is 2.32. The van der Waals surface area contributed by atoms with Gasteiger partial charge in [-0.15, -0.1) is 0 Å². The van der Waals surface area contributed by atoms with Crippen LogP contribution >= 0.6 is 0 Å². The molecule has 0 saturated carbocycles. The summed E-state index contributed by atoms with van der Waals surface area (Å²) in [5.74, 6) is 0.987. The van der Waals surface area contributed by atoms with E-state index in [0.717, 1.165) is 30.5 Å². The van der Waals surface area contributed by atoms with E-state index in [2.05, 4.69) is 46.0 Å².